The zero-order valence-electron chi connectivity index (χ0n) is 10.4. The van der Waals surface area contributed by atoms with Crippen LogP contribution in [0.2, 0.25) is 0 Å². The number of ether oxygens (including phenoxy) is 1. The minimum Gasteiger partial charge on any atom is -0.497 e. The van der Waals surface area contributed by atoms with Gasteiger partial charge in [0.25, 0.3) is 5.56 Å². The number of anilines is 1. The van der Waals surface area contributed by atoms with Crippen molar-refractivity contribution in [3.63, 3.8) is 0 Å². The molecule has 0 bridgehead atoms. The van der Waals surface area contributed by atoms with Crippen molar-refractivity contribution in [2.24, 2.45) is 0 Å². The summed E-state index contributed by atoms with van der Waals surface area (Å²) >= 11 is 0. The lowest BCUT2D eigenvalue weighted by Gasteiger charge is -2.07. The van der Waals surface area contributed by atoms with Gasteiger partial charge in [-0.1, -0.05) is 0 Å². The summed E-state index contributed by atoms with van der Waals surface area (Å²) in [5.74, 6) is 0.774. The van der Waals surface area contributed by atoms with E-state index in [0.29, 0.717) is 12.2 Å². The summed E-state index contributed by atoms with van der Waals surface area (Å²) in [7, 11) is 1.61. The summed E-state index contributed by atoms with van der Waals surface area (Å²) in [4.78, 5) is 11.6. The smallest absolute Gasteiger partial charge is 0.289 e. The van der Waals surface area contributed by atoms with E-state index in [1.807, 2.05) is 31.2 Å². The van der Waals surface area contributed by atoms with Crippen LogP contribution >= 0.6 is 0 Å². The van der Waals surface area contributed by atoms with Crippen molar-refractivity contribution in [2.45, 2.75) is 13.5 Å². The number of aromatic nitrogens is 2. The van der Waals surface area contributed by atoms with Gasteiger partial charge in [0.2, 0.25) is 0 Å². The Bertz CT molecular complexity index is 603. The monoisotopic (exact) mass is 245 g/mol. The molecule has 0 atom stereocenters. The average molecular weight is 245 g/mol. The molecule has 94 valence electrons. The molecule has 0 radical (unpaired) electrons. The lowest BCUT2D eigenvalue weighted by molar-refractivity contribution is 0.415. The molecule has 0 aliphatic carbocycles. The Morgan fingerprint density at radius 1 is 1.33 bits per heavy atom. The average Bonchev–Trinajstić information content (AvgIpc) is 2.42. The van der Waals surface area contributed by atoms with Gasteiger partial charge >= 0.3 is 0 Å². The second-order valence-corrected chi connectivity index (χ2v) is 3.83. The summed E-state index contributed by atoms with van der Waals surface area (Å²) in [5, 5.41) is 4.26. The first kappa shape index (κ1) is 12.2. The zero-order valence-corrected chi connectivity index (χ0v) is 10.4. The highest BCUT2D eigenvalue weighted by molar-refractivity contribution is 5.62. The highest BCUT2D eigenvalue weighted by Gasteiger charge is 2.06. The molecule has 0 fully saturated rings. The molecular weight excluding hydrogens is 230 g/mol. The van der Waals surface area contributed by atoms with Crippen LogP contribution in [0.1, 0.15) is 6.92 Å². The molecule has 0 spiro atoms. The number of aryl methyl sites for hydroxylation is 1. The predicted molar refractivity (Wildman–Crippen MR) is 70.6 cm³/mol. The third-order valence-corrected chi connectivity index (χ3v) is 2.69. The van der Waals surface area contributed by atoms with Gasteiger partial charge in [0, 0.05) is 12.1 Å². The van der Waals surface area contributed by atoms with Crippen molar-refractivity contribution in [1.29, 1.82) is 0 Å². The Morgan fingerprint density at radius 2 is 2.00 bits per heavy atom. The van der Waals surface area contributed by atoms with Crippen molar-refractivity contribution in [3.8, 4) is 17.0 Å². The minimum absolute atomic E-state index is 0.206. The predicted octanol–water partition coefficient (Wildman–Crippen LogP) is 1.52. The Morgan fingerprint density at radius 3 is 2.56 bits per heavy atom. The largest absolute Gasteiger partial charge is 0.497 e. The molecule has 2 aromatic rings. The summed E-state index contributed by atoms with van der Waals surface area (Å²) in [6, 6.07) is 9.04. The fraction of sp³-hybridized carbons (Fsp3) is 0.231. The van der Waals surface area contributed by atoms with Crippen molar-refractivity contribution >= 4 is 5.69 Å². The van der Waals surface area contributed by atoms with Crippen LogP contribution in [0, 0.1) is 0 Å². The van der Waals surface area contributed by atoms with Gasteiger partial charge in [-0.15, -0.1) is 0 Å². The molecule has 0 aliphatic rings. The van der Waals surface area contributed by atoms with Gasteiger partial charge in [0.15, 0.2) is 0 Å². The van der Waals surface area contributed by atoms with Crippen molar-refractivity contribution in [3.05, 3.63) is 40.7 Å². The standard InChI is InChI=1S/C13H15N3O2/c1-3-16-13(17)11(14)8-12(15-16)9-4-6-10(18-2)7-5-9/h4-8H,3,14H2,1-2H3. The second kappa shape index (κ2) is 4.91. The van der Waals surface area contributed by atoms with Gasteiger partial charge in [0.05, 0.1) is 12.8 Å². The molecule has 2 N–H and O–H groups in total. The fourth-order valence-electron chi connectivity index (χ4n) is 1.68. The molecule has 0 unspecified atom stereocenters. The van der Waals surface area contributed by atoms with Crippen LogP contribution in [0.15, 0.2) is 35.1 Å². The third kappa shape index (κ3) is 2.20. The number of nitrogens with zero attached hydrogens (tertiary/aromatic N) is 2. The molecular formula is C13H15N3O2. The molecule has 5 heteroatoms. The third-order valence-electron chi connectivity index (χ3n) is 2.69. The number of hydrogen-bond donors (Lipinski definition) is 1. The van der Waals surface area contributed by atoms with Crippen LogP contribution < -0.4 is 16.0 Å². The van der Waals surface area contributed by atoms with Gasteiger partial charge < -0.3 is 10.5 Å². The minimum atomic E-state index is -0.255. The van der Waals surface area contributed by atoms with E-state index in [1.165, 1.54) is 4.68 Å². The van der Waals surface area contributed by atoms with E-state index in [-0.39, 0.29) is 11.2 Å². The molecule has 2 rings (SSSR count). The SMILES string of the molecule is CCn1nc(-c2ccc(OC)cc2)cc(N)c1=O. The summed E-state index contributed by atoms with van der Waals surface area (Å²) < 4.78 is 6.45. The molecule has 0 aliphatic heterocycles. The Balaban J connectivity index is 2.50. The van der Waals surface area contributed by atoms with Crippen molar-refractivity contribution < 1.29 is 4.74 Å². The second-order valence-electron chi connectivity index (χ2n) is 3.83. The van der Waals surface area contributed by atoms with E-state index in [2.05, 4.69) is 5.10 Å². The van der Waals surface area contributed by atoms with Crippen LogP contribution in [0.3, 0.4) is 0 Å². The van der Waals surface area contributed by atoms with Gasteiger partial charge in [-0.25, -0.2) is 4.68 Å². The highest BCUT2D eigenvalue weighted by Crippen LogP contribution is 2.20. The van der Waals surface area contributed by atoms with Crippen molar-refractivity contribution in [2.75, 3.05) is 12.8 Å². The molecule has 5 nitrogen and oxygen atoms in total. The first-order valence-corrected chi connectivity index (χ1v) is 5.67. The van der Waals surface area contributed by atoms with Gasteiger partial charge in [-0.05, 0) is 37.3 Å². The number of hydrogen-bond acceptors (Lipinski definition) is 4. The van der Waals surface area contributed by atoms with Crippen LogP contribution in [-0.2, 0) is 6.54 Å². The zero-order chi connectivity index (χ0) is 13.1. The van der Waals surface area contributed by atoms with Gasteiger partial charge in [0.1, 0.15) is 11.4 Å². The normalized spacial score (nSPS) is 10.3. The molecule has 0 amide bonds. The summed E-state index contributed by atoms with van der Waals surface area (Å²) in [5.41, 5.74) is 7.21. The lowest BCUT2D eigenvalue weighted by Crippen LogP contribution is -2.24. The number of rotatable bonds is 3. The summed E-state index contributed by atoms with van der Waals surface area (Å²) in [6.07, 6.45) is 0. The van der Waals surface area contributed by atoms with Crippen LogP contribution in [0.25, 0.3) is 11.3 Å². The van der Waals surface area contributed by atoms with E-state index in [0.717, 1.165) is 11.3 Å². The molecule has 0 saturated heterocycles. The first-order valence-electron chi connectivity index (χ1n) is 5.67. The first-order chi connectivity index (χ1) is 8.65. The summed E-state index contributed by atoms with van der Waals surface area (Å²) in [6.45, 7) is 2.35. The topological polar surface area (TPSA) is 70.1 Å². The van der Waals surface area contributed by atoms with E-state index >= 15 is 0 Å². The molecule has 18 heavy (non-hydrogen) atoms. The maximum absolute atomic E-state index is 11.6. The number of benzene rings is 1. The number of nitrogens with two attached hydrogens (primary N) is 1. The van der Waals surface area contributed by atoms with E-state index in [1.54, 1.807) is 13.2 Å². The Kier molecular flexibility index (Phi) is 3.32. The van der Waals surface area contributed by atoms with Gasteiger partial charge in [-0.2, -0.15) is 5.10 Å². The molecule has 0 saturated carbocycles. The number of methoxy groups -OCH3 is 1. The van der Waals surface area contributed by atoms with E-state index in [9.17, 15) is 4.79 Å². The Hall–Kier alpha value is -2.30. The molecule has 1 aromatic heterocycles. The Labute approximate surface area is 105 Å². The number of nitrogen functional groups attached to an aromatic ring is 1. The quantitative estimate of drug-likeness (QED) is 0.890. The van der Waals surface area contributed by atoms with Gasteiger partial charge in [-0.3, -0.25) is 4.79 Å². The highest BCUT2D eigenvalue weighted by atomic mass is 16.5. The van der Waals surface area contributed by atoms with Crippen molar-refractivity contribution in [1.82, 2.24) is 9.78 Å². The maximum atomic E-state index is 11.6. The van der Waals surface area contributed by atoms with Crippen LogP contribution in [0.5, 0.6) is 5.75 Å². The van der Waals surface area contributed by atoms with E-state index in [4.69, 9.17) is 10.5 Å². The lowest BCUT2D eigenvalue weighted by atomic mass is 10.1. The fourth-order valence-corrected chi connectivity index (χ4v) is 1.68. The maximum Gasteiger partial charge on any atom is 0.289 e. The molecule has 1 heterocycles. The van der Waals surface area contributed by atoms with Crippen LogP contribution in [-0.4, -0.2) is 16.9 Å². The van der Waals surface area contributed by atoms with E-state index < -0.39 is 0 Å². The van der Waals surface area contributed by atoms with Crippen LogP contribution in [0.4, 0.5) is 5.69 Å². The molecule has 1 aromatic carbocycles.